The van der Waals surface area contributed by atoms with Crippen molar-refractivity contribution in [3.05, 3.63) is 59.2 Å². The minimum absolute atomic E-state index is 0.0234. The summed E-state index contributed by atoms with van der Waals surface area (Å²) in [5.41, 5.74) is 0.227. The second-order valence-electron chi connectivity index (χ2n) is 7.13. The molecule has 0 atom stereocenters. The zero-order valence-corrected chi connectivity index (χ0v) is 18.2. The minimum Gasteiger partial charge on any atom is -0.478 e. The van der Waals surface area contributed by atoms with Crippen molar-refractivity contribution in [2.45, 2.75) is 37.1 Å². The van der Waals surface area contributed by atoms with Gasteiger partial charge in [-0.15, -0.1) is 0 Å². The molecule has 0 fully saturated rings. The SMILES string of the molecule is NS(=O)(=O)c1ccc(CNC(=O)CCCCC(=O)Nc2cc(C(=O)O)cc(C(=O)O)c2)cc1. The van der Waals surface area contributed by atoms with E-state index >= 15 is 0 Å². The average molecular weight is 477 g/mol. The number of unbranched alkanes of at least 4 members (excludes halogenated alkanes) is 1. The van der Waals surface area contributed by atoms with E-state index in [1.807, 2.05) is 0 Å². The van der Waals surface area contributed by atoms with Gasteiger partial charge >= 0.3 is 11.9 Å². The Balaban J connectivity index is 1.75. The second kappa shape index (κ2) is 11.2. The number of aromatic carboxylic acids is 2. The van der Waals surface area contributed by atoms with Crippen LogP contribution >= 0.6 is 0 Å². The first kappa shape index (κ1) is 25.5. The van der Waals surface area contributed by atoms with Crippen LogP contribution in [0.1, 0.15) is 52.0 Å². The number of carboxylic acids is 2. The Kier molecular flexibility index (Phi) is 8.65. The number of benzene rings is 2. The lowest BCUT2D eigenvalue weighted by Gasteiger charge is -2.08. The van der Waals surface area contributed by atoms with Gasteiger partial charge in [-0.1, -0.05) is 12.1 Å². The highest BCUT2D eigenvalue weighted by atomic mass is 32.2. The maximum atomic E-state index is 12.1. The van der Waals surface area contributed by atoms with Crippen molar-refractivity contribution in [1.29, 1.82) is 0 Å². The number of nitrogens with two attached hydrogens (primary N) is 1. The van der Waals surface area contributed by atoms with Crippen LogP contribution in [-0.4, -0.2) is 42.4 Å². The summed E-state index contributed by atoms with van der Waals surface area (Å²) in [6, 6.07) is 9.10. The molecule has 0 radical (unpaired) electrons. The van der Waals surface area contributed by atoms with E-state index in [1.165, 1.54) is 12.1 Å². The predicted molar refractivity (Wildman–Crippen MR) is 117 cm³/mol. The van der Waals surface area contributed by atoms with E-state index in [0.29, 0.717) is 18.4 Å². The van der Waals surface area contributed by atoms with Crippen LogP contribution in [0.15, 0.2) is 47.4 Å². The smallest absolute Gasteiger partial charge is 0.335 e. The molecule has 12 heteroatoms. The van der Waals surface area contributed by atoms with E-state index in [-0.39, 0.29) is 47.0 Å². The maximum Gasteiger partial charge on any atom is 0.335 e. The largest absolute Gasteiger partial charge is 0.478 e. The van der Waals surface area contributed by atoms with Crippen molar-refractivity contribution in [3.8, 4) is 0 Å². The Morgan fingerprint density at radius 1 is 0.818 bits per heavy atom. The van der Waals surface area contributed by atoms with Gasteiger partial charge in [0, 0.05) is 25.1 Å². The summed E-state index contributed by atoms with van der Waals surface area (Å²) >= 11 is 0. The van der Waals surface area contributed by atoms with Gasteiger partial charge in [-0.25, -0.2) is 23.1 Å². The fraction of sp³-hybridized carbons (Fsp3) is 0.238. The first-order valence-electron chi connectivity index (χ1n) is 9.75. The van der Waals surface area contributed by atoms with Crippen LogP contribution in [0, 0.1) is 0 Å². The van der Waals surface area contributed by atoms with Crippen molar-refractivity contribution in [2.24, 2.45) is 5.14 Å². The summed E-state index contributed by atoms with van der Waals surface area (Å²) in [6.45, 7) is 0.204. The van der Waals surface area contributed by atoms with Crippen molar-refractivity contribution in [3.63, 3.8) is 0 Å². The molecule has 0 heterocycles. The molecule has 2 aromatic carbocycles. The molecule has 2 amide bonds. The lowest BCUT2D eigenvalue weighted by atomic mass is 10.1. The van der Waals surface area contributed by atoms with Gasteiger partial charge in [-0.05, 0) is 48.7 Å². The third-order valence-electron chi connectivity index (χ3n) is 4.51. The quantitative estimate of drug-likeness (QED) is 0.301. The maximum absolute atomic E-state index is 12.1. The fourth-order valence-corrected chi connectivity index (χ4v) is 3.34. The van der Waals surface area contributed by atoms with Gasteiger partial charge < -0.3 is 20.8 Å². The highest BCUT2D eigenvalue weighted by Gasteiger charge is 2.13. The summed E-state index contributed by atoms with van der Waals surface area (Å²) in [7, 11) is -3.78. The number of carboxylic acid groups (broad SMARTS) is 2. The number of hydrogen-bond donors (Lipinski definition) is 5. The first-order chi connectivity index (χ1) is 15.5. The lowest BCUT2D eigenvalue weighted by Crippen LogP contribution is -2.22. The van der Waals surface area contributed by atoms with Crippen LogP contribution in [0.5, 0.6) is 0 Å². The molecule has 6 N–H and O–H groups in total. The Hall–Kier alpha value is -3.77. The van der Waals surface area contributed by atoms with Crippen molar-refractivity contribution < 1.29 is 37.8 Å². The number of amides is 2. The number of anilines is 1. The van der Waals surface area contributed by atoms with Crippen LogP contribution in [-0.2, 0) is 26.2 Å². The molecule has 0 aliphatic carbocycles. The van der Waals surface area contributed by atoms with Gasteiger partial charge in [0.05, 0.1) is 16.0 Å². The van der Waals surface area contributed by atoms with Crippen molar-refractivity contribution >= 4 is 39.5 Å². The zero-order chi connectivity index (χ0) is 24.6. The average Bonchev–Trinajstić information content (AvgIpc) is 2.74. The number of carbonyl (C=O) groups excluding carboxylic acids is 2. The van der Waals surface area contributed by atoms with E-state index in [1.54, 1.807) is 12.1 Å². The molecule has 0 aliphatic rings. The predicted octanol–water partition coefficient (Wildman–Crippen LogP) is 1.55. The van der Waals surface area contributed by atoms with E-state index in [9.17, 15) is 27.6 Å². The summed E-state index contributed by atoms with van der Waals surface area (Å²) < 4.78 is 22.4. The van der Waals surface area contributed by atoms with Crippen molar-refractivity contribution in [2.75, 3.05) is 5.32 Å². The molecule has 0 spiro atoms. The third kappa shape index (κ3) is 8.35. The molecular formula is C21H23N3O8S. The molecule has 33 heavy (non-hydrogen) atoms. The Labute approximate surface area is 189 Å². The molecule has 2 rings (SSSR count). The summed E-state index contributed by atoms with van der Waals surface area (Å²) in [4.78, 5) is 46.2. The number of carbonyl (C=O) groups is 4. The molecule has 0 aliphatic heterocycles. The van der Waals surface area contributed by atoms with E-state index in [2.05, 4.69) is 10.6 Å². The minimum atomic E-state index is -3.78. The molecule has 2 aromatic rings. The monoisotopic (exact) mass is 477 g/mol. The third-order valence-corrected chi connectivity index (χ3v) is 5.44. The van der Waals surface area contributed by atoms with Crippen LogP contribution in [0.2, 0.25) is 0 Å². The summed E-state index contributed by atoms with van der Waals surface area (Å²) in [5.74, 6) is -3.32. The Bertz CT molecular complexity index is 1130. The van der Waals surface area contributed by atoms with Gasteiger partial charge in [0.25, 0.3) is 0 Å². The van der Waals surface area contributed by atoms with Crippen LogP contribution in [0.3, 0.4) is 0 Å². The van der Waals surface area contributed by atoms with Gasteiger partial charge in [-0.3, -0.25) is 9.59 Å². The van der Waals surface area contributed by atoms with E-state index < -0.39 is 27.9 Å². The van der Waals surface area contributed by atoms with Crippen molar-refractivity contribution in [1.82, 2.24) is 5.32 Å². The van der Waals surface area contributed by atoms with E-state index in [4.69, 9.17) is 15.4 Å². The number of hydrogen-bond acceptors (Lipinski definition) is 6. The van der Waals surface area contributed by atoms with E-state index in [0.717, 1.165) is 18.2 Å². The first-order valence-corrected chi connectivity index (χ1v) is 11.3. The normalized spacial score (nSPS) is 10.9. The van der Waals surface area contributed by atoms with Gasteiger partial charge in [0.15, 0.2) is 0 Å². The number of nitrogens with one attached hydrogen (secondary N) is 2. The van der Waals surface area contributed by atoms with Crippen LogP contribution in [0.4, 0.5) is 5.69 Å². The summed E-state index contributed by atoms with van der Waals surface area (Å²) in [5, 5.41) is 28.3. The van der Waals surface area contributed by atoms with Crippen LogP contribution in [0.25, 0.3) is 0 Å². The fourth-order valence-electron chi connectivity index (χ4n) is 2.83. The van der Waals surface area contributed by atoms with Gasteiger partial charge in [-0.2, -0.15) is 0 Å². The molecule has 0 saturated heterocycles. The summed E-state index contributed by atoms with van der Waals surface area (Å²) in [6.07, 6.45) is 1.02. The number of sulfonamides is 1. The lowest BCUT2D eigenvalue weighted by molar-refractivity contribution is -0.121. The second-order valence-corrected chi connectivity index (χ2v) is 8.69. The Morgan fingerprint density at radius 2 is 1.33 bits per heavy atom. The zero-order valence-electron chi connectivity index (χ0n) is 17.4. The Morgan fingerprint density at radius 3 is 1.82 bits per heavy atom. The molecule has 0 saturated carbocycles. The standard InChI is InChI=1S/C21H23N3O8S/c22-33(31,32)17-7-5-13(6-8-17)12-23-18(25)3-1-2-4-19(26)24-16-10-14(20(27)28)9-15(11-16)21(29)30/h5-11H,1-4,12H2,(H,23,25)(H,24,26)(H,27,28)(H,29,30)(H2,22,31,32). The topological polar surface area (TPSA) is 193 Å². The molecule has 0 aromatic heterocycles. The molecular weight excluding hydrogens is 454 g/mol. The van der Waals surface area contributed by atoms with Gasteiger partial charge in [0.2, 0.25) is 21.8 Å². The van der Waals surface area contributed by atoms with Crippen LogP contribution < -0.4 is 15.8 Å². The molecule has 11 nitrogen and oxygen atoms in total. The molecule has 0 bridgehead atoms. The highest BCUT2D eigenvalue weighted by molar-refractivity contribution is 7.89. The number of rotatable bonds is 11. The number of primary sulfonamides is 1. The molecule has 0 unspecified atom stereocenters. The van der Waals surface area contributed by atoms with Gasteiger partial charge in [0.1, 0.15) is 0 Å². The highest BCUT2D eigenvalue weighted by Crippen LogP contribution is 2.16. The molecule has 176 valence electrons.